The summed E-state index contributed by atoms with van der Waals surface area (Å²) >= 11 is 0. The highest BCUT2D eigenvalue weighted by Crippen LogP contribution is 2.20. The summed E-state index contributed by atoms with van der Waals surface area (Å²) in [5.41, 5.74) is 3.00. The van der Waals surface area contributed by atoms with Crippen molar-refractivity contribution in [2.45, 2.75) is 37.8 Å². The monoisotopic (exact) mass is 344 g/mol. The summed E-state index contributed by atoms with van der Waals surface area (Å²) in [6.45, 7) is 6.27. The molecule has 1 fully saturated rings. The van der Waals surface area contributed by atoms with E-state index in [0.29, 0.717) is 4.90 Å². The first-order valence-corrected chi connectivity index (χ1v) is 9.78. The Kier molecular flexibility index (Phi) is 5.04. The lowest BCUT2D eigenvalue weighted by Gasteiger charge is -2.17. The first-order valence-electron chi connectivity index (χ1n) is 8.30. The van der Waals surface area contributed by atoms with E-state index in [4.69, 9.17) is 0 Å². The van der Waals surface area contributed by atoms with Crippen LogP contribution in [0.1, 0.15) is 23.1 Å². The van der Waals surface area contributed by atoms with E-state index in [1.54, 1.807) is 6.07 Å². The molecule has 128 valence electrons. The predicted molar refractivity (Wildman–Crippen MR) is 96.4 cm³/mol. The van der Waals surface area contributed by atoms with Gasteiger partial charge in [0.05, 0.1) is 4.90 Å². The van der Waals surface area contributed by atoms with Crippen LogP contribution in [0, 0.1) is 13.8 Å². The number of rotatable bonds is 5. The van der Waals surface area contributed by atoms with Crippen molar-refractivity contribution in [2.24, 2.45) is 0 Å². The molecular formula is C19H24N2O2S. The summed E-state index contributed by atoms with van der Waals surface area (Å²) in [5.74, 6) is 0. The first-order chi connectivity index (χ1) is 11.4. The molecule has 1 aliphatic rings. The summed E-state index contributed by atoms with van der Waals surface area (Å²) < 4.78 is 28.3. The van der Waals surface area contributed by atoms with Crippen LogP contribution in [-0.4, -0.2) is 32.4 Å². The second-order valence-electron chi connectivity index (χ2n) is 6.60. The molecule has 1 unspecified atom stereocenters. The average Bonchev–Trinajstić information content (AvgIpc) is 2.97. The van der Waals surface area contributed by atoms with Gasteiger partial charge in [-0.1, -0.05) is 42.5 Å². The first kappa shape index (κ1) is 17.1. The van der Waals surface area contributed by atoms with Crippen molar-refractivity contribution >= 4 is 10.0 Å². The van der Waals surface area contributed by atoms with Crippen LogP contribution in [-0.2, 0) is 16.6 Å². The number of likely N-dealkylation sites (tertiary alicyclic amines) is 1. The van der Waals surface area contributed by atoms with Crippen molar-refractivity contribution in [1.82, 2.24) is 9.62 Å². The Morgan fingerprint density at radius 3 is 2.62 bits per heavy atom. The molecule has 4 nitrogen and oxygen atoms in total. The maximum atomic E-state index is 12.7. The minimum Gasteiger partial charge on any atom is -0.297 e. The van der Waals surface area contributed by atoms with Crippen molar-refractivity contribution in [3.05, 3.63) is 65.2 Å². The standard InChI is InChI=1S/C19H24N2O2S/c1-15-8-9-16(2)19(12-15)24(22,23)20-18-10-11-21(14-18)13-17-6-4-3-5-7-17/h3-9,12,18,20H,10-11,13-14H2,1-2H3. The Hall–Kier alpha value is -1.69. The van der Waals surface area contributed by atoms with Crippen LogP contribution in [0.2, 0.25) is 0 Å². The topological polar surface area (TPSA) is 49.4 Å². The molecule has 1 aliphatic heterocycles. The van der Waals surface area contributed by atoms with Gasteiger partial charge in [-0.25, -0.2) is 13.1 Å². The molecule has 2 aromatic rings. The zero-order chi connectivity index (χ0) is 17.2. The lowest BCUT2D eigenvalue weighted by atomic mass is 10.2. The SMILES string of the molecule is Cc1ccc(C)c(S(=O)(=O)NC2CCN(Cc3ccccc3)C2)c1. The van der Waals surface area contributed by atoms with Gasteiger partial charge < -0.3 is 0 Å². The minimum absolute atomic E-state index is 0.0291. The van der Waals surface area contributed by atoms with Gasteiger partial charge in [0.15, 0.2) is 0 Å². The van der Waals surface area contributed by atoms with Gasteiger partial charge in [0.25, 0.3) is 0 Å². The van der Waals surface area contributed by atoms with Gasteiger partial charge in [-0.15, -0.1) is 0 Å². The van der Waals surface area contributed by atoms with Crippen molar-refractivity contribution < 1.29 is 8.42 Å². The van der Waals surface area contributed by atoms with Crippen LogP contribution < -0.4 is 4.72 Å². The molecule has 24 heavy (non-hydrogen) atoms. The lowest BCUT2D eigenvalue weighted by molar-refractivity contribution is 0.324. The van der Waals surface area contributed by atoms with Gasteiger partial charge in [-0.3, -0.25) is 4.90 Å². The zero-order valence-electron chi connectivity index (χ0n) is 14.2. The molecule has 1 saturated heterocycles. The quantitative estimate of drug-likeness (QED) is 0.907. The number of benzene rings is 2. The normalized spacial score (nSPS) is 18.8. The number of nitrogens with one attached hydrogen (secondary N) is 1. The molecule has 3 rings (SSSR count). The Labute approximate surface area is 144 Å². The lowest BCUT2D eigenvalue weighted by Crippen LogP contribution is -2.37. The van der Waals surface area contributed by atoms with Crippen LogP contribution >= 0.6 is 0 Å². The van der Waals surface area contributed by atoms with Gasteiger partial charge in [-0.2, -0.15) is 0 Å². The molecule has 0 spiro atoms. The van der Waals surface area contributed by atoms with E-state index in [1.165, 1.54) is 5.56 Å². The molecular weight excluding hydrogens is 320 g/mol. The number of nitrogens with zero attached hydrogens (tertiary/aromatic N) is 1. The molecule has 1 heterocycles. The minimum atomic E-state index is -3.47. The predicted octanol–water partition coefficient (Wildman–Crippen LogP) is 2.86. The fraction of sp³-hybridized carbons (Fsp3) is 0.368. The van der Waals surface area contributed by atoms with Crippen molar-refractivity contribution in [1.29, 1.82) is 0 Å². The van der Waals surface area contributed by atoms with Crippen LogP contribution in [0.4, 0.5) is 0 Å². The maximum absolute atomic E-state index is 12.7. The van der Waals surface area contributed by atoms with Gasteiger partial charge in [-0.05, 0) is 43.0 Å². The van der Waals surface area contributed by atoms with E-state index >= 15 is 0 Å². The van der Waals surface area contributed by atoms with Crippen molar-refractivity contribution in [2.75, 3.05) is 13.1 Å². The Morgan fingerprint density at radius 1 is 1.12 bits per heavy atom. The van der Waals surface area contributed by atoms with E-state index in [2.05, 4.69) is 21.8 Å². The third-order valence-electron chi connectivity index (χ3n) is 4.48. The third-order valence-corrected chi connectivity index (χ3v) is 6.14. The van der Waals surface area contributed by atoms with Crippen LogP contribution in [0.3, 0.4) is 0 Å². The molecule has 0 amide bonds. The average molecular weight is 344 g/mol. The summed E-state index contributed by atoms with van der Waals surface area (Å²) in [7, 11) is -3.47. The summed E-state index contributed by atoms with van der Waals surface area (Å²) in [6.07, 6.45) is 0.844. The Balaban J connectivity index is 1.65. The number of aryl methyl sites for hydroxylation is 2. The highest BCUT2D eigenvalue weighted by Gasteiger charge is 2.28. The third kappa shape index (κ3) is 4.04. The molecule has 2 aromatic carbocycles. The van der Waals surface area contributed by atoms with Gasteiger partial charge in [0.2, 0.25) is 10.0 Å². The number of hydrogen-bond donors (Lipinski definition) is 1. The summed E-state index contributed by atoms with van der Waals surface area (Å²) in [4.78, 5) is 2.69. The fourth-order valence-electron chi connectivity index (χ4n) is 3.19. The van der Waals surface area contributed by atoms with E-state index in [1.807, 2.05) is 44.2 Å². The highest BCUT2D eigenvalue weighted by molar-refractivity contribution is 7.89. The Morgan fingerprint density at radius 2 is 1.88 bits per heavy atom. The zero-order valence-corrected chi connectivity index (χ0v) is 15.0. The molecule has 0 aromatic heterocycles. The molecule has 1 atom stereocenters. The maximum Gasteiger partial charge on any atom is 0.241 e. The van der Waals surface area contributed by atoms with E-state index in [-0.39, 0.29) is 6.04 Å². The van der Waals surface area contributed by atoms with Crippen LogP contribution in [0.5, 0.6) is 0 Å². The molecule has 1 N–H and O–H groups in total. The highest BCUT2D eigenvalue weighted by atomic mass is 32.2. The summed E-state index contributed by atoms with van der Waals surface area (Å²) in [6, 6.07) is 15.8. The molecule has 0 radical (unpaired) electrons. The van der Waals surface area contributed by atoms with E-state index in [9.17, 15) is 8.42 Å². The Bertz CT molecular complexity index is 803. The van der Waals surface area contributed by atoms with Crippen LogP contribution in [0.15, 0.2) is 53.4 Å². The van der Waals surface area contributed by atoms with Crippen LogP contribution in [0.25, 0.3) is 0 Å². The molecule has 5 heteroatoms. The smallest absolute Gasteiger partial charge is 0.241 e. The van der Waals surface area contributed by atoms with E-state index < -0.39 is 10.0 Å². The second kappa shape index (κ2) is 7.05. The van der Waals surface area contributed by atoms with E-state index in [0.717, 1.165) is 37.2 Å². The molecule has 0 bridgehead atoms. The fourth-order valence-corrected chi connectivity index (χ4v) is 4.78. The summed E-state index contributed by atoms with van der Waals surface area (Å²) in [5, 5.41) is 0. The van der Waals surface area contributed by atoms with Crippen molar-refractivity contribution in [3.63, 3.8) is 0 Å². The molecule has 0 saturated carbocycles. The number of sulfonamides is 1. The van der Waals surface area contributed by atoms with Gasteiger partial charge >= 0.3 is 0 Å². The second-order valence-corrected chi connectivity index (χ2v) is 8.28. The number of hydrogen-bond acceptors (Lipinski definition) is 3. The van der Waals surface area contributed by atoms with Gasteiger partial charge in [0.1, 0.15) is 0 Å². The molecule has 0 aliphatic carbocycles. The van der Waals surface area contributed by atoms with Crippen molar-refractivity contribution in [3.8, 4) is 0 Å². The largest absolute Gasteiger partial charge is 0.297 e. The van der Waals surface area contributed by atoms with Gasteiger partial charge in [0, 0.05) is 25.7 Å².